The van der Waals surface area contributed by atoms with E-state index in [1.165, 1.54) is 4.88 Å². The Morgan fingerprint density at radius 2 is 2.05 bits per heavy atom. The molecule has 0 aliphatic carbocycles. The first-order valence-corrected chi connectivity index (χ1v) is 7.74. The monoisotopic (exact) mass is 301 g/mol. The van der Waals surface area contributed by atoms with E-state index < -0.39 is 0 Å². The number of carbonyl (C=O) groups excluding carboxylic acids is 1. The average Bonchev–Trinajstić information content (AvgIpc) is 3.03. The first kappa shape index (κ1) is 15.3. The van der Waals surface area contributed by atoms with Gasteiger partial charge in [-0.25, -0.2) is 0 Å². The van der Waals surface area contributed by atoms with Crippen molar-refractivity contribution < 1.29 is 9.53 Å². The number of hydrogen-bond donors (Lipinski definition) is 0. The molecular formula is C17H19NO2S. The summed E-state index contributed by atoms with van der Waals surface area (Å²) in [4.78, 5) is 15.2. The summed E-state index contributed by atoms with van der Waals surface area (Å²) in [5, 5.41) is 2.03. The molecule has 0 atom stereocenters. The SMILES string of the molecule is CCN(Cc1cccs1)C(=O)/C=C/c1ccc(OC)cc1. The van der Waals surface area contributed by atoms with Gasteiger partial charge < -0.3 is 9.64 Å². The van der Waals surface area contributed by atoms with Gasteiger partial charge in [0.25, 0.3) is 0 Å². The zero-order chi connectivity index (χ0) is 15.1. The van der Waals surface area contributed by atoms with E-state index in [0.29, 0.717) is 13.1 Å². The molecular weight excluding hydrogens is 282 g/mol. The van der Waals surface area contributed by atoms with Crippen LogP contribution in [0.25, 0.3) is 6.08 Å². The van der Waals surface area contributed by atoms with Gasteiger partial charge >= 0.3 is 0 Å². The van der Waals surface area contributed by atoms with Crippen LogP contribution in [0.4, 0.5) is 0 Å². The fraction of sp³-hybridized carbons (Fsp3) is 0.235. The van der Waals surface area contributed by atoms with Gasteiger partial charge in [-0.1, -0.05) is 18.2 Å². The molecule has 0 saturated carbocycles. The summed E-state index contributed by atoms with van der Waals surface area (Å²) in [7, 11) is 1.64. The number of amides is 1. The highest BCUT2D eigenvalue weighted by atomic mass is 32.1. The zero-order valence-electron chi connectivity index (χ0n) is 12.3. The number of benzene rings is 1. The van der Waals surface area contributed by atoms with Crippen LogP contribution >= 0.6 is 11.3 Å². The summed E-state index contributed by atoms with van der Waals surface area (Å²) in [6, 6.07) is 11.7. The summed E-state index contributed by atoms with van der Waals surface area (Å²) in [5.74, 6) is 0.841. The van der Waals surface area contributed by atoms with Crippen molar-refractivity contribution in [3.8, 4) is 5.75 Å². The van der Waals surface area contributed by atoms with E-state index in [-0.39, 0.29) is 5.91 Å². The molecule has 2 aromatic rings. The van der Waals surface area contributed by atoms with Gasteiger partial charge in [-0.2, -0.15) is 0 Å². The van der Waals surface area contributed by atoms with Gasteiger partial charge in [-0.3, -0.25) is 4.79 Å². The maximum absolute atomic E-state index is 12.2. The molecule has 0 aliphatic rings. The predicted octanol–water partition coefficient (Wildman–Crippen LogP) is 3.82. The molecule has 0 fully saturated rings. The normalized spacial score (nSPS) is 10.8. The van der Waals surface area contributed by atoms with Gasteiger partial charge in [0, 0.05) is 17.5 Å². The van der Waals surface area contributed by atoms with E-state index in [4.69, 9.17) is 4.74 Å². The van der Waals surface area contributed by atoms with Crippen LogP contribution < -0.4 is 4.74 Å². The largest absolute Gasteiger partial charge is 0.497 e. The minimum absolute atomic E-state index is 0.0294. The molecule has 110 valence electrons. The smallest absolute Gasteiger partial charge is 0.246 e. The van der Waals surface area contributed by atoms with Crippen molar-refractivity contribution in [2.24, 2.45) is 0 Å². The van der Waals surface area contributed by atoms with Crippen LogP contribution in [0.5, 0.6) is 5.75 Å². The quantitative estimate of drug-likeness (QED) is 0.759. The van der Waals surface area contributed by atoms with Gasteiger partial charge in [-0.05, 0) is 42.1 Å². The number of likely N-dealkylation sites (N-methyl/N-ethyl adjacent to an activating group) is 1. The average molecular weight is 301 g/mol. The van der Waals surface area contributed by atoms with E-state index in [1.54, 1.807) is 24.5 Å². The highest BCUT2D eigenvalue weighted by Gasteiger charge is 2.09. The van der Waals surface area contributed by atoms with Crippen LogP contribution in [0.3, 0.4) is 0 Å². The molecule has 4 heteroatoms. The number of nitrogens with zero attached hydrogens (tertiary/aromatic N) is 1. The van der Waals surface area contributed by atoms with Crippen molar-refractivity contribution >= 4 is 23.3 Å². The Morgan fingerprint density at radius 3 is 2.62 bits per heavy atom. The van der Waals surface area contributed by atoms with Crippen LogP contribution in [0.2, 0.25) is 0 Å². The Hall–Kier alpha value is -2.07. The van der Waals surface area contributed by atoms with Crippen LogP contribution in [0.15, 0.2) is 47.9 Å². The lowest BCUT2D eigenvalue weighted by Gasteiger charge is -2.18. The molecule has 0 unspecified atom stereocenters. The van der Waals surface area contributed by atoms with Crippen LogP contribution in [-0.4, -0.2) is 24.5 Å². The van der Waals surface area contributed by atoms with Crippen LogP contribution in [-0.2, 0) is 11.3 Å². The third kappa shape index (κ3) is 4.46. The summed E-state index contributed by atoms with van der Waals surface area (Å²) in [5.41, 5.74) is 0.983. The third-order valence-corrected chi connectivity index (χ3v) is 4.02. The lowest BCUT2D eigenvalue weighted by atomic mass is 10.2. The fourth-order valence-electron chi connectivity index (χ4n) is 1.92. The molecule has 1 aromatic heterocycles. The molecule has 0 radical (unpaired) electrons. The molecule has 1 aromatic carbocycles. The highest BCUT2D eigenvalue weighted by Crippen LogP contribution is 2.14. The minimum Gasteiger partial charge on any atom is -0.497 e. The van der Waals surface area contributed by atoms with E-state index in [0.717, 1.165) is 11.3 Å². The molecule has 0 N–H and O–H groups in total. The first-order valence-electron chi connectivity index (χ1n) is 6.86. The van der Waals surface area contributed by atoms with Crippen molar-refractivity contribution in [3.05, 3.63) is 58.3 Å². The second-order valence-corrected chi connectivity index (χ2v) is 5.57. The van der Waals surface area contributed by atoms with Gasteiger partial charge in [0.2, 0.25) is 5.91 Å². The molecule has 1 amide bonds. The van der Waals surface area contributed by atoms with E-state index >= 15 is 0 Å². The van der Waals surface area contributed by atoms with Crippen molar-refractivity contribution in [2.45, 2.75) is 13.5 Å². The number of methoxy groups -OCH3 is 1. The lowest BCUT2D eigenvalue weighted by molar-refractivity contribution is -0.126. The van der Waals surface area contributed by atoms with Crippen molar-refractivity contribution in [1.29, 1.82) is 0 Å². The van der Waals surface area contributed by atoms with Crippen LogP contribution in [0.1, 0.15) is 17.4 Å². The van der Waals surface area contributed by atoms with E-state index in [1.807, 2.05) is 59.7 Å². The predicted molar refractivity (Wildman–Crippen MR) is 87.4 cm³/mol. The Balaban J connectivity index is 1.98. The molecule has 1 heterocycles. The first-order chi connectivity index (χ1) is 10.2. The number of rotatable bonds is 6. The lowest BCUT2D eigenvalue weighted by Crippen LogP contribution is -2.28. The van der Waals surface area contributed by atoms with Gasteiger partial charge in [0.05, 0.1) is 13.7 Å². The van der Waals surface area contributed by atoms with E-state index in [2.05, 4.69) is 0 Å². The minimum atomic E-state index is 0.0294. The molecule has 0 bridgehead atoms. The van der Waals surface area contributed by atoms with Gasteiger partial charge in [0.1, 0.15) is 5.75 Å². The van der Waals surface area contributed by atoms with Crippen molar-refractivity contribution in [3.63, 3.8) is 0 Å². The summed E-state index contributed by atoms with van der Waals surface area (Å²) in [6.45, 7) is 3.36. The van der Waals surface area contributed by atoms with Crippen LogP contribution in [0, 0.1) is 0 Å². The maximum atomic E-state index is 12.2. The maximum Gasteiger partial charge on any atom is 0.246 e. The second kappa shape index (κ2) is 7.64. The molecule has 0 spiro atoms. The summed E-state index contributed by atoms with van der Waals surface area (Å²) < 4.78 is 5.11. The third-order valence-electron chi connectivity index (χ3n) is 3.15. The second-order valence-electron chi connectivity index (χ2n) is 4.54. The van der Waals surface area contributed by atoms with E-state index in [9.17, 15) is 4.79 Å². The number of hydrogen-bond acceptors (Lipinski definition) is 3. The Kier molecular flexibility index (Phi) is 5.58. The molecule has 21 heavy (non-hydrogen) atoms. The molecule has 2 rings (SSSR count). The standard InChI is InChI=1S/C17H19NO2S/c1-3-18(13-16-5-4-12-21-16)17(19)11-8-14-6-9-15(20-2)10-7-14/h4-12H,3,13H2,1-2H3/b11-8+. The summed E-state index contributed by atoms with van der Waals surface area (Å²) in [6.07, 6.45) is 3.46. The Bertz CT molecular complexity index is 588. The van der Waals surface area contributed by atoms with Crippen molar-refractivity contribution in [2.75, 3.05) is 13.7 Å². The topological polar surface area (TPSA) is 29.5 Å². The Labute approximate surface area is 129 Å². The molecule has 0 aliphatic heterocycles. The van der Waals surface area contributed by atoms with Gasteiger partial charge in [0.15, 0.2) is 0 Å². The zero-order valence-corrected chi connectivity index (χ0v) is 13.1. The number of ether oxygens (including phenoxy) is 1. The highest BCUT2D eigenvalue weighted by molar-refractivity contribution is 7.09. The molecule has 0 saturated heterocycles. The molecule has 3 nitrogen and oxygen atoms in total. The number of thiophene rings is 1. The summed E-state index contributed by atoms with van der Waals surface area (Å²) >= 11 is 1.67. The Morgan fingerprint density at radius 1 is 1.29 bits per heavy atom. The number of carbonyl (C=O) groups is 1. The van der Waals surface area contributed by atoms with Gasteiger partial charge in [-0.15, -0.1) is 11.3 Å². The van der Waals surface area contributed by atoms with Crippen molar-refractivity contribution in [1.82, 2.24) is 4.90 Å². The fourth-order valence-corrected chi connectivity index (χ4v) is 2.64.